The van der Waals surface area contributed by atoms with Crippen molar-refractivity contribution >= 4 is 11.9 Å². The van der Waals surface area contributed by atoms with E-state index in [9.17, 15) is 18.4 Å². The van der Waals surface area contributed by atoms with Gasteiger partial charge in [0.05, 0.1) is 5.56 Å². The molecule has 0 aliphatic carbocycles. The van der Waals surface area contributed by atoms with Crippen LogP contribution in [0.15, 0.2) is 65.1 Å². The summed E-state index contributed by atoms with van der Waals surface area (Å²) < 4.78 is 36.8. The summed E-state index contributed by atoms with van der Waals surface area (Å²) in [7, 11) is 0. The minimum absolute atomic E-state index is 0.127. The zero-order chi connectivity index (χ0) is 19.9. The summed E-state index contributed by atoms with van der Waals surface area (Å²) in [5, 5.41) is 2.60. The fraction of sp³-hybridized carbons (Fsp3) is 0.143. The van der Waals surface area contributed by atoms with Crippen LogP contribution in [0.5, 0.6) is 0 Å². The number of amides is 1. The van der Waals surface area contributed by atoms with E-state index in [-0.39, 0.29) is 22.9 Å². The maximum atomic E-state index is 13.8. The molecule has 1 aromatic heterocycles. The van der Waals surface area contributed by atoms with Gasteiger partial charge in [-0.2, -0.15) is 0 Å². The first kappa shape index (κ1) is 19.3. The highest BCUT2D eigenvalue weighted by Gasteiger charge is 2.16. The number of rotatable bonds is 7. The smallest absolute Gasteiger partial charge is 0.374 e. The molecule has 1 heterocycles. The van der Waals surface area contributed by atoms with E-state index in [1.807, 2.05) is 0 Å². The largest absolute Gasteiger partial charge is 0.450 e. The highest BCUT2D eigenvalue weighted by atomic mass is 19.1. The van der Waals surface area contributed by atoms with Crippen LogP contribution in [0.4, 0.5) is 8.78 Å². The molecular weight excluding hydrogens is 368 g/mol. The molecule has 0 fully saturated rings. The van der Waals surface area contributed by atoms with Crippen LogP contribution in [-0.4, -0.2) is 25.0 Å². The molecule has 7 heteroatoms. The van der Waals surface area contributed by atoms with Crippen molar-refractivity contribution in [3.63, 3.8) is 0 Å². The number of benzene rings is 2. The first-order valence-corrected chi connectivity index (χ1v) is 8.56. The van der Waals surface area contributed by atoms with Crippen molar-refractivity contribution in [2.45, 2.75) is 6.42 Å². The summed E-state index contributed by atoms with van der Waals surface area (Å²) in [5.41, 5.74) is 1.09. The first-order valence-electron chi connectivity index (χ1n) is 8.56. The fourth-order valence-electron chi connectivity index (χ4n) is 2.50. The lowest BCUT2D eigenvalue weighted by molar-refractivity contribution is -0.124. The van der Waals surface area contributed by atoms with Gasteiger partial charge in [0, 0.05) is 6.54 Å². The van der Waals surface area contributed by atoms with Gasteiger partial charge in [-0.15, -0.1) is 0 Å². The van der Waals surface area contributed by atoms with Gasteiger partial charge in [-0.1, -0.05) is 24.3 Å². The van der Waals surface area contributed by atoms with E-state index >= 15 is 0 Å². The minimum atomic E-state index is -0.823. The Morgan fingerprint density at radius 2 is 1.71 bits per heavy atom. The van der Waals surface area contributed by atoms with Gasteiger partial charge in [-0.05, 0) is 48.4 Å². The molecule has 3 rings (SSSR count). The molecule has 0 radical (unpaired) electrons. The van der Waals surface area contributed by atoms with E-state index in [0.717, 1.165) is 5.56 Å². The second-order valence-corrected chi connectivity index (χ2v) is 5.95. The summed E-state index contributed by atoms with van der Waals surface area (Å²) in [6.07, 6.45) is 0.518. The maximum absolute atomic E-state index is 13.8. The second-order valence-electron chi connectivity index (χ2n) is 5.95. The van der Waals surface area contributed by atoms with Gasteiger partial charge in [0.25, 0.3) is 5.91 Å². The maximum Gasteiger partial charge on any atom is 0.374 e. The molecule has 0 unspecified atom stereocenters. The lowest BCUT2D eigenvalue weighted by Gasteiger charge is -2.06. The fourth-order valence-corrected chi connectivity index (χ4v) is 2.50. The van der Waals surface area contributed by atoms with Crippen molar-refractivity contribution in [3.8, 4) is 11.3 Å². The van der Waals surface area contributed by atoms with Crippen LogP contribution in [0.2, 0.25) is 0 Å². The van der Waals surface area contributed by atoms with Crippen molar-refractivity contribution in [3.05, 3.63) is 83.6 Å². The number of carbonyl (C=O) groups excluding carboxylic acids is 2. The Hall–Kier alpha value is -3.48. The molecule has 28 heavy (non-hydrogen) atoms. The van der Waals surface area contributed by atoms with Crippen LogP contribution in [-0.2, 0) is 16.0 Å². The average Bonchev–Trinajstić information content (AvgIpc) is 3.18. The van der Waals surface area contributed by atoms with Gasteiger partial charge in [-0.25, -0.2) is 13.6 Å². The predicted molar refractivity (Wildman–Crippen MR) is 97.5 cm³/mol. The topological polar surface area (TPSA) is 68.5 Å². The molecular formula is C21H17F2NO4. The molecule has 0 aliphatic rings. The zero-order valence-corrected chi connectivity index (χ0v) is 14.8. The Bertz CT molecular complexity index is 967. The van der Waals surface area contributed by atoms with Crippen molar-refractivity contribution in [2.24, 2.45) is 0 Å². The van der Waals surface area contributed by atoms with Crippen molar-refractivity contribution in [1.29, 1.82) is 0 Å². The van der Waals surface area contributed by atoms with Gasteiger partial charge in [0.1, 0.15) is 17.4 Å². The van der Waals surface area contributed by atoms with E-state index in [0.29, 0.717) is 13.0 Å². The minimum Gasteiger partial charge on any atom is -0.450 e. The number of esters is 1. The molecule has 1 amide bonds. The monoisotopic (exact) mass is 385 g/mol. The second kappa shape index (κ2) is 8.94. The lowest BCUT2D eigenvalue weighted by Crippen LogP contribution is -2.30. The Labute approximate surface area is 159 Å². The standard InChI is InChI=1S/C21H17F2NO4/c22-15-7-5-14(6-8-15)11-12-24-20(25)13-27-21(26)19-10-9-18(28-19)16-3-1-2-4-17(16)23/h1-10H,11-13H2,(H,24,25). The highest BCUT2D eigenvalue weighted by Crippen LogP contribution is 2.25. The van der Waals surface area contributed by atoms with Crippen LogP contribution in [0.25, 0.3) is 11.3 Å². The van der Waals surface area contributed by atoms with Crippen molar-refractivity contribution in [2.75, 3.05) is 13.2 Å². The van der Waals surface area contributed by atoms with E-state index in [1.54, 1.807) is 24.3 Å². The van der Waals surface area contributed by atoms with Gasteiger partial charge in [0.15, 0.2) is 6.61 Å². The number of halogens is 2. The molecule has 0 saturated heterocycles. The number of carbonyl (C=O) groups is 2. The van der Waals surface area contributed by atoms with Crippen molar-refractivity contribution in [1.82, 2.24) is 5.32 Å². The lowest BCUT2D eigenvalue weighted by atomic mass is 10.1. The SMILES string of the molecule is O=C(COC(=O)c1ccc(-c2ccccc2F)o1)NCCc1ccc(F)cc1. The molecule has 0 aliphatic heterocycles. The third-order valence-electron chi connectivity index (χ3n) is 3.93. The first-order chi connectivity index (χ1) is 13.5. The van der Waals surface area contributed by atoms with Gasteiger partial charge in [0.2, 0.25) is 5.76 Å². The molecule has 144 valence electrons. The summed E-state index contributed by atoms with van der Waals surface area (Å²) >= 11 is 0. The molecule has 0 bridgehead atoms. The Morgan fingerprint density at radius 1 is 0.964 bits per heavy atom. The van der Waals surface area contributed by atoms with Crippen molar-refractivity contribution < 1.29 is 27.5 Å². The normalized spacial score (nSPS) is 10.5. The number of hydrogen-bond donors (Lipinski definition) is 1. The molecule has 1 N–H and O–H groups in total. The summed E-state index contributed by atoms with van der Waals surface area (Å²) in [5.74, 6) is -2.04. The third kappa shape index (κ3) is 5.03. The summed E-state index contributed by atoms with van der Waals surface area (Å²) in [6, 6.07) is 14.8. The number of ether oxygens (including phenoxy) is 1. The molecule has 5 nitrogen and oxygen atoms in total. The molecule has 3 aromatic rings. The van der Waals surface area contributed by atoms with Crippen LogP contribution in [0.1, 0.15) is 16.1 Å². The van der Waals surface area contributed by atoms with Gasteiger partial charge >= 0.3 is 5.97 Å². The van der Waals surface area contributed by atoms with Crippen LogP contribution in [0, 0.1) is 11.6 Å². The van der Waals surface area contributed by atoms with Crippen LogP contribution >= 0.6 is 0 Å². The summed E-state index contributed by atoms with van der Waals surface area (Å²) in [4.78, 5) is 23.7. The number of furan rings is 1. The summed E-state index contributed by atoms with van der Waals surface area (Å²) in [6.45, 7) is -0.155. The van der Waals surface area contributed by atoms with E-state index in [4.69, 9.17) is 9.15 Å². The number of nitrogens with one attached hydrogen (secondary N) is 1. The van der Waals surface area contributed by atoms with E-state index < -0.39 is 24.3 Å². The van der Waals surface area contributed by atoms with Crippen LogP contribution in [0.3, 0.4) is 0 Å². The molecule has 2 aromatic carbocycles. The molecule has 0 saturated carbocycles. The van der Waals surface area contributed by atoms with Crippen LogP contribution < -0.4 is 5.32 Å². The third-order valence-corrected chi connectivity index (χ3v) is 3.93. The quantitative estimate of drug-likeness (QED) is 0.629. The predicted octanol–water partition coefficient (Wildman–Crippen LogP) is 3.74. The van der Waals surface area contributed by atoms with E-state index in [1.165, 1.54) is 36.4 Å². The average molecular weight is 385 g/mol. The number of hydrogen-bond acceptors (Lipinski definition) is 4. The highest BCUT2D eigenvalue weighted by molar-refractivity contribution is 5.89. The molecule has 0 spiro atoms. The van der Waals surface area contributed by atoms with Gasteiger partial charge in [-0.3, -0.25) is 4.79 Å². The van der Waals surface area contributed by atoms with E-state index in [2.05, 4.69) is 5.32 Å². The molecule has 0 atom stereocenters. The Balaban J connectivity index is 1.45. The zero-order valence-electron chi connectivity index (χ0n) is 14.8. The van der Waals surface area contributed by atoms with Gasteiger partial charge < -0.3 is 14.5 Å². The Kier molecular flexibility index (Phi) is 6.16. The Morgan fingerprint density at radius 3 is 2.46 bits per heavy atom.